The number of pyridine rings is 1. The first-order chi connectivity index (χ1) is 7.77. The van der Waals surface area contributed by atoms with Crippen molar-refractivity contribution >= 4 is 0 Å². The number of nitrogens with zero attached hydrogens (tertiary/aromatic N) is 1. The Kier molecular flexibility index (Phi) is 6.00. The van der Waals surface area contributed by atoms with E-state index in [0.29, 0.717) is 0 Å². The van der Waals surface area contributed by atoms with Crippen LogP contribution in [0.2, 0.25) is 0 Å². The average molecular weight is 223 g/mol. The quantitative estimate of drug-likeness (QED) is 0.420. The molecule has 0 aromatic carbocycles. The number of aryl methyl sites for hydroxylation is 1. The van der Waals surface area contributed by atoms with Crippen molar-refractivity contribution in [2.75, 3.05) is 13.2 Å². The summed E-state index contributed by atoms with van der Waals surface area (Å²) in [6.07, 6.45) is 3.77. The minimum atomic E-state index is 0.116. The van der Waals surface area contributed by atoms with Crippen molar-refractivity contribution in [1.29, 1.82) is 0 Å². The number of hydrogen-bond acceptors (Lipinski definition) is 4. The fourth-order valence-electron chi connectivity index (χ4n) is 1.48. The van der Waals surface area contributed by atoms with Gasteiger partial charge in [-0.2, -0.15) is 0 Å². The third kappa shape index (κ3) is 4.26. The Bertz CT molecular complexity index is 287. The average Bonchev–Trinajstić information content (AvgIpc) is 2.31. The van der Waals surface area contributed by atoms with Gasteiger partial charge >= 0.3 is 0 Å². The highest BCUT2D eigenvalue weighted by Gasteiger charge is 2.09. The Balaban J connectivity index is 2.44. The van der Waals surface area contributed by atoms with Gasteiger partial charge < -0.3 is 4.74 Å². The molecular weight excluding hydrogens is 202 g/mol. The van der Waals surface area contributed by atoms with E-state index in [2.05, 4.69) is 17.3 Å². The molecule has 1 unspecified atom stereocenters. The van der Waals surface area contributed by atoms with Gasteiger partial charge in [0.25, 0.3) is 0 Å². The molecule has 0 aliphatic carbocycles. The van der Waals surface area contributed by atoms with Gasteiger partial charge in [-0.05, 0) is 31.4 Å². The van der Waals surface area contributed by atoms with E-state index >= 15 is 0 Å². The van der Waals surface area contributed by atoms with Gasteiger partial charge in [0.05, 0.1) is 0 Å². The van der Waals surface area contributed by atoms with E-state index in [1.807, 2.05) is 25.3 Å². The number of ether oxygens (including phenoxy) is 1. The highest BCUT2D eigenvalue weighted by atomic mass is 16.5. The lowest BCUT2D eigenvalue weighted by Gasteiger charge is -2.15. The van der Waals surface area contributed by atoms with E-state index in [0.717, 1.165) is 37.3 Å². The molecule has 16 heavy (non-hydrogen) atoms. The topological polar surface area (TPSA) is 60.2 Å². The third-order valence-corrected chi connectivity index (χ3v) is 2.44. The highest BCUT2D eigenvalue weighted by molar-refractivity contribution is 5.16. The van der Waals surface area contributed by atoms with Crippen LogP contribution in [0.25, 0.3) is 0 Å². The number of rotatable bonds is 7. The largest absolute Gasteiger partial charge is 0.381 e. The van der Waals surface area contributed by atoms with Crippen molar-refractivity contribution in [3.63, 3.8) is 0 Å². The summed E-state index contributed by atoms with van der Waals surface area (Å²) in [5, 5.41) is 0. The molecule has 0 amide bonds. The molecule has 4 nitrogen and oxygen atoms in total. The minimum absolute atomic E-state index is 0.116. The molecular formula is C12H21N3O. The maximum Gasteiger partial charge on any atom is 0.0497 e. The van der Waals surface area contributed by atoms with Gasteiger partial charge in [0.1, 0.15) is 0 Å². The molecule has 0 saturated heterocycles. The van der Waals surface area contributed by atoms with Crippen molar-refractivity contribution in [2.24, 2.45) is 5.84 Å². The molecule has 1 heterocycles. The highest BCUT2D eigenvalue weighted by Crippen LogP contribution is 2.14. The molecule has 1 aromatic rings. The zero-order valence-corrected chi connectivity index (χ0v) is 10.1. The summed E-state index contributed by atoms with van der Waals surface area (Å²) in [6, 6.07) is 4.16. The van der Waals surface area contributed by atoms with E-state index < -0.39 is 0 Å². The minimum Gasteiger partial charge on any atom is -0.381 e. The van der Waals surface area contributed by atoms with E-state index in [4.69, 9.17) is 10.6 Å². The molecule has 4 heteroatoms. The Morgan fingerprint density at radius 2 is 2.25 bits per heavy atom. The van der Waals surface area contributed by atoms with Gasteiger partial charge in [0.15, 0.2) is 0 Å². The van der Waals surface area contributed by atoms with Crippen molar-refractivity contribution in [3.05, 3.63) is 29.6 Å². The van der Waals surface area contributed by atoms with Gasteiger partial charge in [0, 0.05) is 31.1 Å². The second kappa shape index (κ2) is 7.33. The van der Waals surface area contributed by atoms with Crippen LogP contribution in [0.5, 0.6) is 0 Å². The molecule has 0 fully saturated rings. The molecule has 0 bridgehead atoms. The van der Waals surface area contributed by atoms with E-state index in [-0.39, 0.29) is 6.04 Å². The van der Waals surface area contributed by atoms with Crippen LogP contribution in [0.1, 0.15) is 37.1 Å². The number of nitrogens with two attached hydrogens (primary N) is 1. The van der Waals surface area contributed by atoms with Crippen LogP contribution in [0.3, 0.4) is 0 Å². The summed E-state index contributed by atoms with van der Waals surface area (Å²) in [7, 11) is 0. The van der Waals surface area contributed by atoms with Crippen LogP contribution in [0.4, 0.5) is 0 Å². The molecule has 1 aromatic heterocycles. The molecule has 90 valence electrons. The van der Waals surface area contributed by atoms with Crippen LogP contribution >= 0.6 is 0 Å². The van der Waals surface area contributed by atoms with Crippen LogP contribution in [-0.4, -0.2) is 18.2 Å². The zero-order chi connectivity index (χ0) is 11.8. The van der Waals surface area contributed by atoms with Crippen LogP contribution in [-0.2, 0) is 4.74 Å². The molecule has 1 rings (SSSR count). The second-order valence-corrected chi connectivity index (χ2v) is 3.85. The SMILES string of the molecule is CCCOCCC(NN)c1ccc(C)nc1. The summed E-state index contributed by atoms with van der Waals surface area (Å²) in [5.74, 6) is 5.52. The number of hydrazine groups is 1. The molecule has 0 spiro atoms. The van der Waals surface area contributed by atoms with E-state index in [9.17, 15) is 0 Å². The van der Waals surface area contributed by atoms with Gasteiger partial charge in [-0.3, -0.25) is 16.3 Å². The molecule has 0 aliphatic rings. The first kappa shape index (κ1) is 13.1. The predicted molar refractivity (Wildman–Crippen MR) is 64.8 cm³/mol. The Labute approximate surface area is 97.2 Å². The number of aromatic nitrogens is 1. The van der Waals surface area contributed by atoms with Crippen LogP contribution in [0, 0.1) is 6.92 Å². The molecule has 0 aliphatic heterocycles. The number of nitrogens with one attached hydrogen (secondary N) is 1. The van der Waals surface area contributed by atoms with Crippen molar-refractivity contribution in [1.82, 2.24) is 10.4 Å². The van der Waals surface area contributed by atoms with E-state index in [1.165, 1.54) is 0 Å². The standard InChI is InChI=1S/C12H21N3O/c1-3-7-16-8-6-12(15-13)11-5-4-10(2)14-9-11/h4-5,9,12,15H,3,6-8,13H2,1-2H3. The zero-order valence-electron chi connectivity index (χ0n) is 10.1. The first-order valence-electron chi connectivity index (χ1n) is 5.74. The third-order valence-electron chi connectivity index (χ3n) is 2.44. The van der Waals surface area contributed by atoms with Gasteiger partial charge in [-0.15, -0.1) is 0 Å². The van der Waals surface area contributed by atoms with Crippen LogP contribution in [0.15, 0.2) is 18.3 Å². The Morgan fingerprint density at radius 3 is 2.81 bits per heavy atom. The lowest BCUT2D eigenvalue weighted by Crippen LogP contribution is -2.29. The smallest absolute Gasteiger partial charge is 0.0497 e. The second-order valence-electron chi connectivity index (χ2n) is 3.85. The summed E-state index contributed by atoms with van der Waals surface area (Å²) < 4.78 is 5.44. The Morgan fingerprint density at radius 1 is 1.44 bits per heavy atom. The molecule has 0 radical (unpaired) electrons. The first-order valence-corrected chi connectivity index (χ1v) is 5.74. The van der Waals surface area contributed by atoms with E-state index in [1.54, 1.807) is 0 Å². The number of hydrogen-bond donors (Lipinski definition) is 2. The van der Waals surface area contributed by atoms with Gasteiger partial charge in [-0.1, -0.05) is 13.0 Å². The summed E-state index contributed by atoms with van der Waals surface area (Å²) in [4.78, 5) is 4.26. The lowest BCUT2D eigenvalue weighted by molar-refractivity contribution is 0.124. The van der Waals surface area contributed by atoms with Crippen molar-refractivity contribution in [2.45, 2.75) is 32.7 Å². The monoisotopic (exact) mass is 223 g/mol. The summed E-state index contributed by atoms with van der Waals surface area (Å²) in [6.45, 7) is 5.60. The maximum atomic E-state index is 5.52. The fraction of sp³-hybridized carbons (Fsp3) is 0.583. The van der Waals surface area contributed by atoms with Gasteiger partial charge in [0.2, 0.25) is 0 Å². The maximum absolute atomic E-state index is 5.52. The fourth-order valence-corrected chi connectivity index (χ4v) is 1.48. The normalized spacial score (nSPS) is 12.7. The molecule has 1 atom stereocenters. The molecule has 0 saturated carbocycles. The van der Waals surface area contributed by atoms with Crippen molar-refractivity contribution in [3.8, 4) is 0 Å². The summed E-state index contributed by atoms with van der Waals surface area (Å²) >= 11 is 0. The molecule has 3 N–H and O–H groups in total. The predicted octanol–water partition coefficient (Wildman–Crippen LogP) is 1.71. The Hall–Kier alpha value is -0.970. The lowest BCUT2D eigenvalue weighted by atomic mass is 10.1. The van der Waals surface area contributed by atoms with Crippen LogP contribution < -0.4 is 11.3 Å². The summed E-state index contributed by atoms with van der Waals surface area (Å²) in [5.41, 5.74) is 4.92. The van der Waals surface area contributed by atoms with Gasteiger partial charge in [-0.25, -0.2) is 0 Å². The van der Waals surface area contributed by atoms with Crippen molar-refractivity contribution < 1.29 is 4.74 Å².